The minimum atomic E-state index is -0.655. The van der Waals surface area contributed by atoms with E-state index in [1.807, 2.05) is 64.1 Å². The Bertz CT molecular complexity index is 914. The predicted molar refractivity (Wildman–Crippen MR) is 109 cm³/mol. The lowest BCUT2D eigenvalue weighted by atomic mass is 9.69. The molecule has 0 aliphatic rings. The van der Waals surface area contributed by atoms with Crippen molar-refractivity contribution in [1.82, 2.24) is 0 Å². The van der Waals surface area contributed by atoms with E-state index in [0.29, 0.717) is 0 Å². The summed E-state index contributed by atoms with van der Waals surface area (Å²) in [6, 6.07) is 15.2. The first-order valence-corrected chi connectivity index (χ1v) is 9.06. The van der Waals surface area contributed by atoms with Crippen LogP contribution in [0.2, 0.25) is 0 Å². The Balaban J connectivity index is 2.40. The van der Waals surface area contributed by atoms with Crippen molar-refractivity contribution in [1.29, 1.82) is 0 Å². The highest BCUT2D eigenvalue weighted by atomic mass is 16.3. The number of para-hydroxylation sites is 1. The normalized spacial score (nSPS) is 11.6. The van der Waals surface area contributed by atoms with E-state index in [9.17, 15) is 15.3 Å². The first-order chi connectivity index (χ1) is 12.7. The minimum Gasteiger partial charge on any atom is -0.508 e. The molecular weight excluding hydrogens is 336 g/mol. The molecule has 0 unspecified atom stereocenters. The Kier molecular flexibility index (Phi) is 4.64. The van der Waals surface area contributed by atoms with Crippen LogP contribution >= 0.6 is 0 Å². The number of aryl methyl sites for hydroxylation is 4. The minimum absolute atomic E-state index is 0.215. The van der Waals surface area contributed by atoms with E-state index in [0.717, 1.165) is 38.9 Å². The van der Waals surface area contributed by atoms with E-state index < -0.39 is 5.41 Å². The fourth-order valence-electron chi connectivity index (χ4n) is 3.86. The molecule has 0 saturated heterocycles. The number of aromatic hydroxyl groups is 3. The third kappa shape index (κ3) is 3.03. The zero-order chi connectivity index (χ0) is 19.9. The van der Waals surface area contributed by atoms with Crippen LogP contribution in [0.25, 0.3) is 0 Å². The second kappa shape index (κ2) is 6.66. The summed E-state index contributed by atoms with van der Waals surface area (Å²) in [6.07, 6.45) is 0. The lowest BCUT2D eigenvalue weighted by molar-refractivity contribution is 0.455. The van der Waals surface area contributed by atoms with Crippen molar-refractivity contribution in [3.63, 3.8) is 0 Å². The van der Waals surface area contributed by atoms with Gasteiger partial charge in [0.1, 0.15) is 17.2 Å². The maximum absolute atomic E-state index is 10.7. The van der Waals surface area contributed by atoms with Crippen molar-refractivity contribution in [3.8, 4) is 17.2 Å². The third-order valence-electron chi connectivity index (χ3n) is 5.58. The van der Waals surface area contributed by atoms with Gasteiger partial charge in [0.25, 0.3) is 0 Å². The van der Waals surface area contributed by atoms with Crippen molar-refractivity contribution in [2.75, 3.05) is 0 Å². The number of phenolic OH excluding ortho intramolecular Hbond substituents is 3. The van der Waals surface area contributed by atoms with Crippen LogP contribution in [-0.2, 0) is 5.41 Å². The summed E-state index contributed by atoms with van der Waals surface area (Å²) in [6.45, 7) is 9.59. The molecule has 3 nitrogen and oxygen atoms in total. The number of hydrogen-bond donors (Lipinski definition) is 3. The molecule has 0 bridgehead atoms. The van der Waals surface area contributed by atoms with Gasteiger partial charge in [-0.2, -0.15) is 0 Å². The van der Waals surface area contributed by atoms with Crippen molar-refractivity contribution >= 4 is 0 Å². The molecule has 140 valence electrons. The summed E-state index contributed by atoms with van der Waals surface area (Å²) in [4.78, 5) is 0. The van der Waals surface area contributed by atoms with E-state index in [1.54, 1.807) is 12.1 Å². The summed E-state index contributed by atoms with van der Waals surface area (Å²) < 4.78 is 0. The van der Waals surface area contributed by atoms with Crippen molar-refractivity contribution in [3.05, 3.63) is 87.5 Å². The maximum atomic E-state index is 10.7. The molecule has 0 spiro atoms. The van der Waals surface area contributed by atoms with Crippen LogP contribution in [0.15, 0.2) is 48.5 Å². The summed E-state index contributed by atoms with van der Waals surface area (Å²) >= 11 is 0. The summed E-state index contributed by atoms with van der Waals surface area (Å²) in [5.41, 5.74) is 5.23. The van der Waals surface area contributed by atoms with Crippen LogP contribution in [0.1, 0.15) is 45.9 Å². The lowest BCUT2D eigenvalue weighted by Crippen LogP contribution is -2.26. The van der Waals surface area contributed by atoms with Crippen molar-refractivity contribution in [2.24, 2.45) is 0 Å². The molecule has 0 atom stereocenters. The van der Waals surface area contributed by atoms with Crippen molar-refractivity contribution in [2.45, 2.75) is 40.0 Å². The van der Waals surface area contributed by atoms with E-state index >= 15 is 0 Å². The van der Waals surface area contributed by atoms with Gasteiger partial charge in [-0.25, -0.2) is 0 Å². The molecule has 3 heteroatoms. The number of rotatable bonds is 3. The van der Waals surface area contributed by atoms with Crippen LogP contribution in [-0.4, -0.2) is 15.3 Å². The molecule has 3 aromatic carbocycles. The molecule has 3 N–H and O–H groups in total. The smallest absolute Gasteiger partial charge is 0.121 e. The standard InChI is InChI=1S/C24H26O3/c1-14-10-18(11-15(2)22(14)26)24(5,20-8-6-7-9-21(20)25)19-12-16(3)23(27)17(4)13-19/h6-13,25-27H,1-5H3. The molecule has 0 amide bonds. The Morgan fingerprint density at radius 1 is 0.630 bits per heavy atom. The molecule has 3 rings (SSSR count). The quantitative estimate of drug-likeness (QED) is 0.547. The Hall–Kier alpha value is -2.94. The van der Waals surface area contributed by atoms with Crippen LogP contribution in [0, 0.1) is 27.7 Å². The molecule has 0 aliphatic heterocycles. The third-order valence-corrected chi connectivity index (χ3v) is 5.58. The highest BCUT2D eigenvalue weighted by Gasteiger charge is 2.35. The Morgan fingerprint density at radius 3 is 1.37 bits per heavy atom. The molecule has 0 aromatic heterocycles. The molecule has 0 radical (unpaired) electrons. The monoisotopic (exact) mass is 362 g/mol. The van der Waals surface area contributed by atoms with E-state index in [1.165, 1.54) is 0 Å². The number of phenols is 3. The van der Waals surface area contributed by atoms with E-state index in [4.69, 9.17) is 0 Å². The van der Waals surface area contributed by atoms with Crippen LogP contribution in [0.3, 0.4) is 0 Å². The maximum Gasteiger partial charge on any atom is 0.121 e. The zero-order valence-electron chi connectivity index (χ0n) is 16.5. The van der Waals surface area contributed by atoms with Crippen LogP contribution in [0.4, 0.5) is 0 Å². The van der Waals surface area contributed by atoms with Gasteiger partial charge in [-0.1, -0.05) is 42.5 Å². The first-order valence-electron chi connectivity index (χ1n) is 9.06. The summed E-state index contributed by atoms with van der Waals surface area (Å²) in [5.74, 6) is 0.791. The average Bonchev–Trinajstić information content (AvgIpc) is 2.63. The van der Waals surface area contributed by atoms with E-state index in [2.05, 4.69) is 6.92 Å². The second-order valence-corrected chi connectivity index (χ2v) is 7.56. The summed E-state index contributed by atoms with van der Waals surface area (Å²) in [5, 5.41) is 31.1. The van der Waals surface area contributed by atoms with Crippen LogP contribution in [0.5, 0.6) is 17.2 Å². The second-order valence-electron chi connectivity index (χ2n) is 7.56. The van der Waals surface area contributed by atoms with Gasteiger partial charge < -0.3 is 15.3 Å². The Labute approximate surface area is 160 Å². The topological polar surface area (TPSA) is 60.7 Å². The first kappa shape index (κ1) is 18.8. The fourth-order valence-corrected chi connectivity index (χ4v) is 3.86. The van der Waals surface area contributed by atoms with Gasteiger partial charge in [0, 0.05) is 11.0 Å². The average molecular weight is 362 g/mol. The molecule has 0 aliphatic carbocycles. The van der Waals surface area contributed by atoms with E-state index in [-0.39, 0.29) is 17.2 Å². The van der Waals surface area contributed by atoms with Gasteiger partial charge >= 0.3 is 0 Å². The zero-order valence-corrected chi connectivity index (χ0v) is 16.5. The number of hydrogen-bond acceptors (Lipinski definition) is 3. The molecule has 0 heterocycles. The van der Waals surface area contributed by atoms with Crippen LogP contribution < -0.4 is 0 Å². The largest absolute Gasteiger partial charge is 0.508 e. The van der Waals surface area contributed by atoms with Gasteiger partial charge in [0.2, 0.25) is 0 Å². The number of benzene rings is 3. The lowest BCUT2D eigenvalue weighted by Gasteiger charge is -2.34. The van der Waals surface area contributed by atoms with Gasteiger partial charge in [-0.05, 0) is 74.1 Å². The summed E-state index contributed by atoms with van der Waals surface area (Å²) in [7, 11) is 0. The fraction of sp³-hybridized carbons (Fsp3) is 0.250. The predicted octanol–water partition coefficient (Wildman–Crippen LogP) is 5.39. The van der Waals surface area contributed by atoms with Gasteiger partial charge in [0.05, 0.1) is 0 Å². The Morgan fingerprint density at radius 2 is 1.00 bits per heavy atom. The van der Waals surface area contributed by atoms with Gasteiger partial charge in [0.15, 0.2) is 0 Å². The highest BCUT2D eigenvalue weighted by molar-refractivity contribution is 5.59. The van der Waals surface area contributed by atoms with Gasteiger partial charge in [-0.15, -0.1) is 0 Å². The molecule has 0 fully saturated rings. The molecule has 0 saturated carbocycles. The SMILES string of the molecule is Cc1cc(C(C)(c2cc(C)c(O)c(C)c2)c2ccccc2O)cc(C)c1O. The highest BCUT2D eigenvalue weighted by Crippen LogP contribution is 2.45. The molecule has 3 aromatic rings. The molecule has 27 heavy (non-hydrogen) atoms. The van der Waals surface area contributed by atoms with Gasteiger partial charge in [-0.3, -0.25) is 0 Å². The molecular formula is C24H26O3. The van der Waals surface area contributed by atoms with Crippen molar-refractivity contribution < 1.29 is 15.3 Å².